The van der Waals surface area contributed by atoms with E-state index >= 15 is 0 Å². The molecule has 1 N–H and O–H groups in total. The fourth-order valence-corrected chi connectivity index (χ4v) is 1.65. The Morgan fingerprint density at radius 3 is 2.85 bits per heavy atom. The number of hydrogen-bond acceptors (Lipinski definition) is 3. The Bertz CT molecular complexity index is 477. The maximum atomic E-state index is 10.6. The number of ether oxygens (including phenoxy) is 2. The number of rotatable bonds is 9. The second kappa shape index (κ2) is 8.80. The topological polar surface area (TPSA) is 55.8 Å². The summed E-state index contributed by atoms with van der Waals surface area (Å²) in [4.78, 5) is 10.6. The molecule has 0 unspecified atom stereocenters. The number of carbonyl (C=O) groups is 1. The van der Waals surface area contributed by atoms with Gasteiger partial charge in [-0.2, -0.15) is 0 Å². The first-order valence-electron chi connectivity index (χ1n) is 6.59. The molecule has 0 amide bonds. The molecule has 1 aromatic carbocycles. The monoisotopic (exact) mass is 276 g/mol. The lowest BCUT2D eigenvalue weighted by atomic mass is 10.1. The number of aliphatic carboxylic acids is 1. The van der Waals surface area contributed by atoms with Crippen molar-refractivity contribution in [2.24, 2.45) is 0 Å². The van der Waals surface area contributed by atoms with Gasteiger partial charge in [-0.05, 0) is 31.9 Å². The quantitative estimate of drug-likeness (QED) is 0.426. The average Bonchev–Trinajstić information content (AvgIpc) is 2.43. The van der Waals surface area contributed by atoms with E-state index in [2.05, 4.69) is 6.58 Å². The van der Waals surface area contributed by atoms with Crippen molar-refractivity contribution >= 4 is 12.0 Å². The van der Waals surface area contributed by atoms with Crippen LogP contribution >= 0.6 is 0 Å². The number of unbranched alkanes of at least 4 members (excludes halogenated alkanes) is 1. The van der Waals surface area contributed by atoms with E-state index in [4.69, 9.17) is 14.6 Å². The van der Waals surface area contributed by atoms with E-state index in [9.17, 15) is 4.79 Å². The maximum Gasteiger partial charge on any atom is 0.328 e. The standard InChI is InChI=1S/C16H20O4/c1-3-5-6-12-20-16-13(10-11-15(17)18)8-7-9-14(16)19-4-2/h3,7-11H,1,4-6,12H2,2H3,(H,17,18). The Hall–Kier alpha value is -2.23. The smallest absolute Gasteiger partial charge is 0.328 e. The van der Waals surface area contributed by atoms with E-state index in [1.54, 1.807) is 6.07 Å². The number of benzene rings is 1. The Balaban J connectivity index is 2.93. The summed E-state index contributed by atoms with van der Waals surface area (Å²) in [5, 5.41) is 8.71. The van der Waals surface area contributed by atoms with Crippen LogP contribution in [0.3, 0.4) is 0 Å². The molecule has 1 rings (SSSR count). The van der Waals surface area contributed by atoms with Gasteiger partial charge in [-0.15, -0.1) is 6.58 Å². The molecule has 4 heteroatoms. The van der Waals surface area contributed by atoms with Crippen LogP contribution in [-0.4, -0.2) is 24.3 Å². The fourth-order valence-electron chi connectivity index (χ4n) is 1.65. The Labute approximate surface area is 119 Å². The summed E-state index contributed by atoms with van der Waals surface area (Å²) in [7, 11) is 0. The number of carboxylic acids is 1. The van der Waals surface area contributed by atoms with Gasteiger partial charge in [0.2, 0.25) is 0 Å². The molecule has 0 saturated heterocycles. The SMILES string of the molecule is C=CCCCOc1c(C=CC(=O)O)cccc1OCC. The van der Waals surface area contributed by atoms with Gasteiger partial charge < -0.3 is 14.6 Å². The molecule has 108 valence electrons. The number of allylic oxidation sites excluding steroid dienone is 1. The van der Waals surface area contributed by atoms with Crippen LogP contribution in [0.25, 0.3) is 6.08 Å². The molecular weight excluding hydrogens is 256 g/mol. The Morgan fingerprint density at radius 2 is 2.20 bits per heavy atom. The van der Waals surface area contributed by atoms with E-state index in [0.717, 1.165) is 18.9 Å². The minimum absolute atomic E-state index is 0.523. The van der Waals surface area contributed by atoms with Crippen LogP contribution in [-0.2, 0) is 4.79 Å². The number of para-hydroxylation sites is 1. The third-order valence-corrected chi connectivity index (χ3v) is 2.51. The van der Waals surface area contributed by atoms with Crippen LogP contribution in [0.4, 0.5) is 0 Å². The molecule has 0 spiro atoms. The maximum absolute atomic E-state index is 10.6. The summed E-state index contributed by atoms with van der Waals surface area (Å²) in [6.45, 7) is 6.61. The zero-order valence-corrected chi connectivity index (χ0v) is 11.7. The summed E-state index contributed by atoms with van der Waals surface area (Å²) >= 11 is 0. The van der Waals surface area contributed by atoms with Crippen molar-refractivity contribution in [2.45, 2.75) is 19.8 Å². The van der Waals surface area contributed by atoms with Crippen molar-refractivity contribution < 1.29 is 19.4 Å². The summed E-state index contributed by atoms with van der Waals surface area (Å²) < 4.78 is 11.3. The molecule has 0 fully saturated rings. The lowest BCUT2D eigenvalue weighted by Crippen LogP contribution is -2.02. The molecule has 4 nitrogen and oxygen atoms in total. The van der Waals surface area contributed by atoms with Crippen LogP contribution in [0.1, 0.15) is 25.3 Å². The van der Waals surface area contributed by atoms with Gasteiger partial charge in [-0.25, -0.2) is 4.79 Å². The van der Waals surface area contributed by atoms with Crippen molar-refractivity contribution in [3.05, 3.63) is 42.5 Å². The molecular formula is C16H20O4. The van der Waals surface area contributed by atoms with E-state index < -0.39 is 5.97 Å². The Morgan fingerprint density at radius 1 is 1.40 bits per heavy atom. The molecule has 1 aromatic rings. The lowest BCUT2D eigenvalue weighted by Gasteiger charge is -2.14. The molecule has 0 heterocycles. The first-order chi connectivity index (χ1) is 9.69. The fraction of sp³-hybridized carbons (Fsp3) is 0.312. The molecule has 0 aliphatic rings. The van der Waals surface area contributed by atoms with Crippen LogP contribution in [0.2, 0.25) is 0 Å². The second-order valence-electron chi connectivity index (χ2n) is 4.06. The van der Waals surface area contributed by atoms with Crippen LogP contribution in [0, 0.1) is 0 Å². The molecule has 0 aliphatic carbocycles. The Kier molecular flexibility index (Phi) is 6.96. The van der Waals surface area contributed by atoms with Gasteiger partial charge in [0.1, 0.15) is 0 Å². The highest BCUT2D eigenvalue weighted by Gasteiger charge is 2.09. The van der Waals surface area contributed by atoms with E-state index in [0.29, 0.717) is 30.3 Å². The van der Waals surface area contributed by atoms with Gasteiger partial charge in [-0.1, -0.05) is 18.2 Å². The largest absolute Gasteiger partial charge is 0.490 e. The molecule has 0 radical (unpaired) electrons. The molecule has 0 atom stereocenters. The third kappa shape index (κ3) is 5.18. The summed E-state index contributed by atoms with van der Waals surface area (Å²) in [6.07, 6.45) is 6.15. The predicted octanol–water partition coefficient (Wildman–Crippen LogP) is 3.53. The normalized spacial score (nSPS) is 10.4. The van der Waals surface area contributed by atoms with Crippen molar-refractivity contribution in [3.63, 3.8) is 0 Å². The molecule has 0 bridgehead atoms. The zero-order chi connectivity index (χ0) is 14.8. The minimum atomic E-state index is -0.996. The molecule has 0 aromatic heterocycles. The number of hydrogen-bond donors (Lipinski definition) is 1. The third-order valence-electron chi connectivity index (χ3n) is 2.51. The summed E-state index contributed by atoms with van der Waals surface area (Å²) in [5.74, 6) is 0.207. The van der Waals surface area contributed by atoms with E-state index in [-0.39, 0.29) is 0 Å². The number of carboxylic acid groups (broad SMARTS) is 1. The lowest BCUT2D eigenvalue weighted by molar-refractivity contribution is -0.131. The van der Waals surface area contributed by atoms with Crippen molar-refractivity contribution in [1.82, 2.24) is 0 Å². The first kappa shape index (κ1) is 15.8. The highest BCUT2D eigenvalue weighted by atomic mass is 16.5. The van der Waals surface area contributed by atoms with Crippen LogP contribution < -0.4 is 9.47 Å². The minimum Gasteiger partial charge on any atom is -0.490 e. The van der Waals surface area contributed by atoms with Crippen LogP contribution in [0.15, 0.2) is 36.9 Å². The summed E-state index contributed by atoms with van der Waals surface area (Å²) in [5.41, 5.74) is 0.692. The van der Waals surface area contributed by atoms with E-state index in [1.165, 1.54) is 6.08 Å². The second-order valence-corrected chi connectivity index (χ2v) is 4.06. The predicted molar refractivity (Wildman–Crippen MR) is 79.2 cm³/mol. The first-order valence-corrected chi connectivity index (χ1v) is 6.59. The van der Waals surface area contributed by atoms with Crippen molar-refractivity contribution in [2.75, 3.05) is 13.2 Å². The zero-order valence-electron chi connectivity index (χ0n) is 11.7. The van der Waals surface area contributed by atoms with Gasteiger partial charge in [0.25, 0.3) is 0 Å². The highest BCUT2D eigenvalue weighted by Crippen LogP contribution is 2.32. The molecule has 0 aliphatic heterocycles. The molecule has 20 heavy (non-hydrogen) atoms. The summed E-state index contributed by atoms with van der Waals surface area (Å²) in [6, 6.07) is 5.42. The average molecular weight is 276 g/mol. The van der Waals surface area contributed by atoms with E-state index in [1.807, 2.05) is 25.1 Å². The highest BCUT2D eigenvalue weighted by molar-refractivity contribution is 5.86. The van der Waals surface area contributed by atoms with Crippen molar-refractivity contribution in [1.29, 1.82) is 0 Å². The van der Waals surface area contributed by atoms with Gasteiger partial charge in [0.05, 0.1) is 13.2 Å². The van der Waals surface area contributed by atoms with Crippen molar-refractivity contribution in [3.8, 4) is 11.5 Å². The van der Waals surface area contributed by atoms with Gasteiger partial charge in [0.15, 0.2) is 11.5 Å². The van der Waals surface area contributed by atoms with Crippen LogP contribution in [0.5, 0.6) is 11.5 Å². The van der Waals surface area contributed by atoms with Gasteiger partial charge in [-0.3, -0.25) is 0 Å². The van der Waals surface area contributed by atoms with Gasteiger partial charge in [0, 0.05) is 11.6 Å². The molecule has 0 saturated carbocycles. The van der Waals surface area contributed by atoms with Gasteiger partial charge >= 0.3 is 5.97 Å².